The maximum absolute atomic E-state index is 12.7. The largest absolute Gasteiger partial charge is 0.492 e. The van der Waals surface area contributed by atoms with Crippen molar-refractivity contribution in [3.63, 3.8) is 0 Å². The summed E-state index contributed by atoms with van der Waals surface area (Å²) in [5.74, 6) is -0.718. The first-order valence-electron chi connectivity index (χ1n) is 6.97. The molecule has 0 fully saturated rings. The first kappa shape index (κ1) is 17.8. The molecule has 10 heteroatoms. The number of halogens is 1. The van der Waals surface area contributed by atoms with E-state index in [9.17, 15) is 29.4 Å². The number of nitro benzene ring substituents is 2. The van der Waals surface area contributed by atoms with E-state index in [1.54, 1.807) is 0 Å². The van der Waals surface area contributed by atoms with E-state index in [0.29, 0.717) is 5.75 Å². The third-order valence-electron chi connectivity index (χ3n) is 3.06. The number of carbonyl (C=O) groups excluding carboxylic acids is 1. The van der Waals surface area contributed by atoms with Crippen LogP contribution in [0.3, 0.4) is 0 Å². The molecule has 0 aromatic heterocycles. The molecule has 0 atom stereocenters. The number of hydrogen-bond donors (Lipinski definition) is 1. The Labute approximate surface area is 140 Å². The number of amides is 1. The van der Waals surface area contributed by atoms with Crippen LogP contribution in [0, 0.1) is 26.0 Å². The maximum Gasteiger partial charge on any atom is 0.277 e. The van der Waals surface area contributed by atoms with Crippen molar-refractivity contribution in [3.8, 4) is 5.75 Å². The van der Waals surface area contributed by atoms with Gasteiger partial charge in [-0.3, -0.25) is 25.0 Å². The summed E-state index contributed by atoms with van der Waals surface area (Å²) in [6, 6.07) is 7.94. The summed E-state index contributed by atoms with van der Waals surface area (Å²) in [5.41, 5.74) is -1.31. The summed E-state index contributed by atoms with van der Waals surface area (Å²) in [5, 5.41) is 24.0. The van der Waals surface area contributed by atoms with Crippen molar-refractivity contribution in [2.75, 3.05) is 13.2 Å². The Balaban J connectivity index is 1.96. The number of rotatable bonds is 7. The topological polar surface area (TPSA) is 125 Å². The van der Waals surface area contributed by atoms with Crippen LogP contribution >= 0.6 is 0 Å². The summed E-state index contributed by atoms with van der Waals surface area (Å²) in [6.07, 6.45) is 0. The highest BCUT2D eigenvalue weighted by Crippen LogP contribution is 2.22. The smallest absolute Gasteiger partial charge is 0.277 e. The number of benzene rings is 2. The van der Waals surface area contributed by atoms with Crippen LogP contribution in [-0.2, 0) is 0 Å². The van der Waals surface area contributed by atoms with Crippen molar-refractivity contribution < 1.29 is 23.8 Å². The number of nitrogens with zero attached hydrogens (tertiary/aromatic N) is 2. The Morgan fingerprint density at radius 3 is 2.12 bits per heavy atom. The number of carbonyl (C=O) groups is 1. The lowest BCUT2D eigenvalue weighted by Gasteiger charge is -2.08. The summed E-state index contributed by atoms with van der Waals surface area (Å²) < 4.78 is 18.0. The molecule has 0 unspecified atom stereocenters. The van der Waals surface area contributed by atoms with Gasteiger partial charge in [0.15, 0.2) is 0 Å². The lowest BCUT2D eigenvalue weighted by molar-refractivity contribution is -0.394. The number of nitrogens with one attached hydrogen (secondary N) is 1. The molecule has 2 aromatic rings. The molecule has 9 nitrogen and oxygen atoms in total. The molecule has 0 radical (unpaired) electrons. The van der Waals surface area contributed by atoms with Gasteiger partial charge in [0.2, 0.25) is 0 Å². The molecule has 1 amide bonds. The molecule has 0 saturated carbocycles. The maximum atomic E-state index is 12.7. The molecule has 130 valence electrons. The van der Waals surface area contributed by atoms with Crippen molar-refractivity contribution >= 4 is 17.3 Å². The lowest BCUT2D eigenvalue weighted by Crippen LogP contribution is -2.28. The van der Waals surface area contributed by atoms with Crippen LogP contribution in [-0.4, -0.2) is 28.9 Å². The summed E-state index contributed by atoms with van der Waals surface area (Å²) in [7, 11) is 0. The van der Waals surface area contributed by atoms with Crippen molar-refractivity contribution in [2.24, 2.45) is 0 Å². The Morgan fingerprint density at radius 2 is 1.60 bits per heavy atom. The minimum atomic E-state index is -0.818. The van der Waals surface area contributed by atoms with Gasteiger partial charge in [-0.2, -0.15) is 0 Å². The Morgan fingerprint density at radius 1 is 1.04 bits per heavy atom. The second kappa shape index (κ2) is 7.81. The highest BCUT2D eigenvalue weighted by Gasteiger charge is 2.19. The van der Waals surface area contributed by atoms with E-state index in [1.165, 1.54) is 24.3 Å². The molecule has 1 N–H and O–H groups in total. The van der Waals surface area contributed by atoms with E-state index in [0.717, 1.165) is 18.2 Å². The van der Waals surface area contributed by atoms with E-state index < -0.39 is 32.9 Å². The van der Waals surface area contributed by atoms with E-state index >= 15 is 0 Å². The van der Waals surface area contributed by atoms with E-state index in [-0.39, 0.29) is 18.7 Å². The average Bonchev–Trinajstić information content (AvgIpc) is 2.59. The zero-order chi connectivity index (χ0) is 18.4. The number of hydrogen-bond acceptors (Lipinski definition) is 6. The monoisotopic (exact) mass is 349 g/mol. The second-order valence-electron chi connectivity index (χ2n) is 4.81. The SMILES string of the molecule is O=C(NCCOc1ccc(F)cc1)c1cc([N+](=O)[O-])cc([N+](=O)[O-])c1. The van der Waals surface area contributed by atoms with E-state index in [1.807, 2.05) is 0 Å². The van der Waals surface area contributed by atoms with Gasteiger partial charge < -0.3 is 10.1 Å². The Bertz CT molecular complexity index is 777. The van der Waals surface area contributed by atoms with Crippen LogP contribution in [0.15, 0.2) is 42.5 Å². The standard InChI is InChI=1S/C15H12FN3O6/c16-11-1-3-14(4-2-11)25-6-5-17-15(20)10-7-12(18(21)22)9-13(8-10)19(23)24/h1-4,7-9H,5-6H2,(H,17,20). The van der Waals surface area contributed by atoms with Gasteiger partial charge in [-0.1, -0.05) is 0 Å². The van der Waals surface area contributed by atoms with Crippen LogP contribution in [0.1, 0.15) is 10.4 Å². The van der Waals surface area contributed by atoms with Crippen molar-refractivity contribution in [2.45, 2.75) is 0 Å². The molecule has 0 aliphatic carbocycles. The third-order valence-corrected chi connectivity index (χ3v) is 3.06. The highest BCUT2D eigenvalue weighted by molar-refractivity contribution is 5.95. The number of nitro groups is 2. The van der Waals surface area contributed by atoms with Gasteiger partial charge in [0.25, 0.3) is 17.3 Å². The number of non-ortho nitro benzene ring substituents is 2. The fraction of sp³-hybridized carbons (Fsp3) is 0.133. The molecule has 0 bridgehead atoms. The zero-order valence-corrected chi connectivity index (χ0v) is 12.7. The Hall–Kier alpha value is -3.56. The van der Waals surface area contributed by atoms with Crippen LogP contribution in [0.25, 0.3) is 0 Å². The molecule has 0 aliphatic heterocycles. The first-order valence-corrected chi connectivity index (χ1v) is 6.97. The molecule has 0 heterocycles. The van der Waals surface area contributed by atoms with Crippen molar-refractivity contribution in [3.05, 3.63) is 74.1 Å². The number of ether oxygens (including phenoxy) is 1. The van der Waals surface area contributed by atoms with Gasteiger partial charge in [0.05, 0.1) is 28.0 Å². The highest BCUT2D eigenvalue weighted by atomic mass is 19.1. The van der Waals surface area contributed by atoms with Gasteiger partial charge in [-0.05, 0) is 24.3 Å². The van der Waals surface area contributed by atoms with Crippen LogP contribution < -0.4 is 10.1 Å². The summed E-state index contributed by atoms with van der Waals surface area (Å²) in [6.45, 7) is 0.112. The van der Waals surface area contributed by atoms with Crippen LogP contribution in [0.4, 0.5) is 15.8 Å². The normalized spacial score (nSPS) is 10.1. The van der Waals surface area contributed by atoms with Crippen molar-refractivity contribution in [1.29, 1.82) is 0 Å². The quantitative estimate of drug-likeness (QED) is 0.465. The molecule has 0 aliphatic rings. The van der Waals surface area contributed by atoms with Crippen molar-refractivity contribution in [1.82, 2.24) is 5.32 Å². The molecular formula is C15H12FN3O6. The molecule has 0 saturated heterocycles. The molecular weight excluding hydrogens is 337 g/mol. The van der Waals surface area contributed by atoms with Crippen LogP contribution in [0.2, 0.25) is 0 Å². The summed E-state index contributed by atoms with van der Waals surface area (Å²) >= 11 is 0. The molecule has 25 heavy (non-hydrogen) atoms. The fourth-order valence-corrected chi connectivity index (χ4v) is 1.90. The van der Waals surface area contributed by atoms with E-state index in [4.69, 9.17) is 4.74 Å². The first-order chi connectivity index (χ1) is 11.9. The van der Waals surface area contributed by atoms with Gasteiger partial charge in [-0.25, -0.2) is 4.39 Å². The fourth-order valence-electron chi connectivity index (χ4n) is 1.90. The lowest BCUT2D eigenvalue weighted by atomic mass is 10.1. The third kappa shape index (κ3) is 4.96. The minimum Gasteiger partial charge on any atom is -0.492 e. The van der Waals surface area contributed by atoms with Crippen LogP contribution in [0.5, 0.6) is 5.75 Å². The van der Waals surface area contributed by atoms with Gasteiger partial charge >= 0.3 is 0 Å². The predicted molar refractivity (Wildman–Crippen MR) is 84.0 cm³/mol. The second-order valence-corrected chi connectivity index (χ2v) is 4.81. The van der Waals surface area contributed by atoms with Gasteiger partial charge in [-0.15, -0.1) is 0 Å². The molecule has 0 spiro atoms. The van der Waals surface area contributed by atoms with E-state index in [2.05, 4.69) is 5.32 Å². The zero-order valence-electron chi connectivity index (χ0n) is 12.7. The molecule has 2 rings (SSSR count). The predicted octanol–water partition coefficient (Wildman–Crippen LogP) is 2.45. The average molecular weight is 349 g/mol. The summed E-state index contributed by atoms with van der Waals surface area (Å²) in [4.78, 5) is 31.9. The minimum absolute atomic E-state index is 0.0483. The molecule has 2 aromatic carbocycles. The Kier molecular flexibility index (Phi) is 5.56. The van der Waals surface area contributed by atoms with Gasteiger partial charge in [0.1, 0.15) is 18.2 Å². The van der Waals surface area contributed by atoms with Gasteiger partial charge in [0, 0.05) is 12.1 Å².